The molecule has 0 aliphatic rings. The Bertz CT molecular complexity index is 1020. The van der Waals surface area contributed by atoms with Crippen molar-refractivity contribution >= 4 is 46.5 Å². The van der Waals surface area contributed by atoms with Gasteiger partial charge in [0.05, 0.1) is 22.9 Å². The van der Waals surface area contributed by atoms with Crippen molar-refractivity contribution in [3.8, 4) is 11.5 Å². The van der Waals surface area contributed by atoms with Gasteiger partial charge in [0.25, 0.3) is 0 Å². The van der Waals surface area contributed by atoms with Gasteiger partial charge < -0.3 is 5.32 Å². The molecule has 0 aliphatic carbocycles. The summed E-state index contributed by atoms with van der Waals surface area (Å²) in [5, 5.41) is 10.0. The van der Waals surface area contributed by atoms with E-state index in [0.29, 0.717) is 34.1 Å². The molecule has 1 aromatic carbocycles. The van der Waals surface area contributed by atoms with Gasteiger partial charge in [-0.1, -0.05) is 12.1 Å². The van der Waals surface area contributed by atoms with Crippen LogP contribution in [-0.4, -0.2) is 29.1 Å². The Kier molecular flexibility index (Phi) is 3.79. The van der Waals surface area contributed by atoms with Crippen LogP contribution < -0.4 is 5.32 Å². The number of aromatic amines is 1. The first-order chi connectivity index (χ1) is 11.8. The minimum absolute atomic E-state index is 0.0791. The molecule has 0 saturated heterocycles. The zero-order chi connectivity index (χ0) is 16.5. The molecule has 2 N–H and O–H groups in total. The highest BCUT2D eigenvalue weighted by Gasteiger charge is 2.18. The predicted molar refractivity (Wildman–Crippen MR) is 91.7 cm³/mol. The first-order valence-electron chi connectivity index (χ1n) is 6.82. The van der Waals surface area contributed by atoms with E-state index in [9.17, 15) is 3.89 Å². The Labute approximate surface area is 144 Å². The summed E-state index contributed by atoms with van der Waals surface area (Å²) in [5.74, 6) is 0.900. The number of benzene rings is 1. The second-order valence-corrected chi connectivity index (χ2v) is 5.62. The molecular formula is C14H9ClFN7S. The molecular weight excluding hydrogens is 353 g/mol. The van der Waals surface area contributed by atoms with Gasteiger partial charge in [0.1, 0.15) is 11.5 Å². The molecule has 120 valence electrons. The summed E-state index contributed by atoms with van der Waals surface area (Å²) >= 11 is 5.87. The first kappa shape index (κ1) is 14.9. The molecule has 0 aliphatic heterocycles. The minimum Gasteiger partial charge on any atom is -0.337 e. The fourth-order valence-electron chi connectivity index (χ4n) is 2.33. The van der Waals surface area contributed by atoms with E-state index in [1.54, 1.807) is 18.3 Å². The number of para-hydroxylation sites is 2. The quantitative estimate of drug-likeness (QED) is 0.534. The predicted octanol–water partition coefficient (Wildman–Crippen LogP) is 3.99. The monoisotopic (exact) mass is 361 g/mol. The Morgan fingerprint density at radius 1 is 1.21 bits per heavy atom. The molecule has 0 bridgehead atoms. The molecule has 0 spiro atoms. The Hall–Kier alpha value is -2.65. The molecule has 3 aromatic heterocycles. The molecule has 3 heterocycles. The van der Waals surface area contributed by atoms with Gasteiger partial charge in [-0.3, -0.25) is 5.10 Å². The van der Waals surface area contributed by atoms with Gasteiger partial charge in [-0.25, -0.2) is 18.9 Å². The van der Waals surface area contributed by atoms with Gasteiger partial charge >= 0.3 is 0 Å². The molecule has 0 saturated carbocycles. The number of halogens is 2. The molecule has 10 heteroatoms. The van der Waals surface area contributed by atoms with Crippen LogP contribution >= 0.6 is 23.9 Å². The van der Waals surface area contributed by atoms with Gasteiger partial charge in [-0.05, 0) is 29.8 Å². The van der Waals surface area contributed by atoms with Crippen LogP contribution in [0.2, 0.25) is 5.28 Å². The normalized spacial score (nSPS) is 11.1. The molecule has 4 rings (SSSR count). The first-order valence-corrected chi connectivity index (χ1v) is 7.87. The molecule has 24 heavy (non-hydrogen) atoms. The number of nitrogens with zero attached hydrogens (tertiary/aromatic N) is 5. The standard InChI is InChI=1S/C14H9ClFN7S/c15-14-17-6-5-11(21-14)19-9-7-18-22-12(9)13-20-8-3-1-2-4-10(8)23(13)24-16/h1-7H,(H,18,22)(H,17,19,21). The zero-order valence-corrected chi connectivity index (χ0v) is 13.5. The van der Waals surface area contributed by atoms with E-state index in [-0.39, 0.29) is 17.6 Å². The number of nitrogens with one attached hydrogen (secondary N) is 2. The van der Waals surface area contributed by atoms with Crippen molar-refractivity contribution in [2.24, 2.45) is 0 Å². The summed E-state index contributed by atoms with van der Waals surface area (Å²) in [6.45, 7) is 0. The summed E-state index contributed by atoms with van der Waals surface area (Å²) in [6, 6.07) is 8.96. The average molecular weight is 362 g/mol. The lowest BCUT2D eigenvalue weighted by molar-refractivity contribution is 0.919. The molecule has 7 nitrogen and oxygen atoms in total. The topological polar surface area (TPSA) is 84.3 Å². The van der Waals surface area contributed by atoms with Crippen LogP contribution in [0.3, 0.4) is 0 Å². The highest BCUT2D eigenvalue weighted by atomic mass is 35.5. The third-order valence-corrected chi connectivity index (χ3v) is 4.03. The van der Waals surface area contributed by atoms with Crippen molar-refractivity contribution < 1.29 is 3.89 Å². The van der Waals surface area contributed by atoms with Crippen LogP contribution in [0, 0.1) is 0 Å². The van der Waals surface area contributed by atoms with E-state index in [1.807, 2.05) is 18.2 Å². The number of hydrogen-bond donors (Lipinski definition) is 2. The lowest BCUT2D eigenvalue weighted by atomic mass is 10.3. The van der Waals surface area contributed by atoms with Crippen molar-refractivity contribution in [3.63, 3.8) is 0 Å². The fourth-order valence-corrected chi connectivity index (χ4v) is 2.90. The second kappa shape index (κ2) is 6.10. The lowest BCUT2D eigenvalue weighted by Gasteiger charge is -2.06. The number of imidazole rings is 1. The zero-order valence-electron chi connectivity index (χ0n) is 11.9. The van der Waals surface area contributed by atoms with Gasteiger partial charge in [0.15, 0.2) is 18.2 Å². The summed E-state index contributed by atoms with van der Waals surface area (Å²) in [5.41, 5.74) is 2.48. The SMILES string of the molecule is FSn1c(-c2[nH]ncc2Nc2ccnc(Cl)n2)nc2ccccc21. The smallest absolute Gasteiger partial charge is 0.224 e. The number of anilines is 2. The van der Waals surface area contributed by atoms with E-state index in [2.05, 4.69) is 30.5 Å². The molecule has 0 atom stereocenters. The second-order valence-electron chi connectivity index (χ2n) is 4.78. The van der Waals surface area contributed by atoms with Crippen LogP contribution in [0.1, 0.15) is 0 Å². The minimum atomic E-state index is 0.0791. The summed E-state index contributed by atoms with van der Waals surface area (Å²) in [7, 11) is 0. The van der Waals surface area contributed by atoms with Gasteiger partial charge in [-0.2, -0.15) is 5.10 Å². The van der Waals surface area contributed by atoms with E-state index in [0.717, 1.165) is 0 Å². The highest BCUT2D eigenvalue weighted by Crippen LogP contribution is 2.33. The van der Waals surface area contributed by atoms with Crippen molar-refractivity contribution in [1.82, 2.24) is 29.1 Å². The number of fused-ring (bicyclic) bond motifs is 1. The van der Waals surface area contributed by atoms with E-state index in [4.69, 9.17) is 11.6 Å². The summed E-state index contributed by atoms with van der Waals surface area (Å²) < 4.78 is 14.9. The highest BCUT2D eigenvalue weighted by molar-refractivity contribution is 7.93. The fraction of sp³-hybridized carbons (Fsp3) is 0. The maximum Gasteiger partial charge on any atom is 0.224 e. The van der Waals surface area contributed by atoms with Crippen molar-refractivity contribution in [1.29, 1.82) is 0 Å². The number of H-pyrrole nitrogens is 1. The third-order valence-electron chi connectivity index (χ3n) is 3.34. The number of hydrogen-bond acceptors (Lipinski definition) is 6. The molecule has 0 radical (unpaired) electrons. The number of aromatic nitrogens is 6. The Morgan fingerprint density at radius 2 is 2.08 bits per heavy atom. The van der Waals surface area contributed by atoms with E-state index in [1.165, 1.54) is 10.2 Å². The van der Waals surface area contributed by atoms with Gasteiger partial charge in [0.2, 0.25) is 5.28 Å². The molecule has 0 amide bonds. The number of rotatable bonds is 4. The maximum absolute atomic E-state index is 13.5. The molecule has 0 fully saturated rings. The maximum atomic E-state index is 13.5. The van der Waals surface area contributed by atoms with Crippen molar-refractivity contribution in [3.05, 3.63) is 48.0 Å². The van der Waals surface area contributed by atoms with Crippen LogP contribution in [0.4, 0.5) is 15.4 Å². The van der Waals surface area contributed by atoms with Crippen molar-refractivity contribution in [2.75, 3.05) is 5.32 Å². The molecule has 0 unspecified atom stereocenters. The average Bonchev–Trinajstić information content (AvgIpc) is 3.18. The lowest BCUT2D eigenvalue weighted by Crippen LogP contribution is -1.97. The Morgan fingerprint density at radius 3 is 2.92 bits per heavy atom. The van der Waals surface area contributed by atoms with Crippen LogP contribution in [-0.2, 0) is 0 Å². The Balaban J connectivity index is 1.80. The van der Waals surface area contributed by atoms with Crippen LogP contribution in [0.25, 0.3) is 22.6 Å². The largest absolute Gasteiger partial charge is 0.337 e. The van der Waals surface area contributed by atoms with Crippen LogP contribution in [0.5, 0.6) is 0 Å². The third kappa shape index (κ3) is 2.57. The van der Waals surface area contributed by atoms with E-state index >= 15 is 0 Å². The molecule has 4 aromatic rings. The summed E-state index contributed by atoms with van der Waals surface area (Å²) in [4.78, 5) is 12.4. The van der Waals surface area contributed by atoms with Gasteiger partial charge in [0, 0.05) is 6.20 Å². The van der Waals surface area contributed by atoms with Crippen LogP contribution in [0.15, 0.2) is 42.7 Å². The summed E-state index contributed by atoms with van der Waals surface area (Å²) in [6.07, 6.45) is 3.10. The van der Waals surface area contributed by atoms with E-state index < -0.39 is 0 Å². The van der Waals surface area contributed by atoms with Crippen molar-refractivity contribution in [2.45, 2.75) is 0 Å². The van der Waals surface area contributed by atoms with Gasteiger partial charge in [-0.15, -0.1) is 3.89 Å².